The van der Waals surface area contributed by atoms with Crippen LogP contribution in [0.1, 0.15) is 12.5 Å². The van der Waals surface area contributed by atoms with Gasteiger partial charge in [0.25, 0.3) is 5.56 Å². The Morgan fingerprint density at radius 3 is 2.45 bits per heavy atom. The van der Waals surface area contributed by atoms with E-state index in [0.717, 1.165) is 11.8 Å². The number of nitrogens with one attached hydrogen (secondary N) is 2. The fraction of sp³-hybridized carbons (Fsp3) is 0.227. The highest BCUT2D eigenvalue weighted by molar-refractivity contribution is 7.90. The van der Waals surface area contributed by atoms with E-state index in [4.69, 9.17) is 5.73 Å². The van der Waals surface area contributed by atoms with Crippen molar-refractivity contribution in [3.05, 3.63) is 81.0 Å². The summed E-state index contributed by atoms with van der Waals surface area (Å²) in [5.41, 5.74) is 5.98. The van der Waals surface area contributed by atoms with Crippen LogP contribution in [0.25, 0.3) is 0 Å². The van der Waals surface area contributed by atoms with E-state index in [1.165, 1.54) is 27.7 Å². The summed E-state index contributed by atoms with van der Waals surface area (Å²) in [7, 11) is -3.43. The van der Waals surface area contributed by atoms with Gasteiger partial charge in [0.15, 0.2) is 9.84 Å². The van der Waals surface area contributed by atoms with Gasteiger partial charge in [-0.25, -0.2) is 13.2 Å². The summed E-state index contributed by atoms with van der Waals surface area (Å²) < 4.78 is 24.7. The van der Waals surface area contributed by atoms with Gasteiger partial charge in [-0.05, 0) is 30.7 Å². The van der Waals surface area contributed by atoms with E-state index in [2.05, 4.69) is 10.3 Å². The maximum atomic E-state index is 12.7. The number of sulfone groups is 1. The van der Waals surface area contributed by atoms with Gasteiger partial charge in [-0.15, -0.1) is 0 Å². The van der Waals surface area contributed by atoms with E-state index in [0.29, 0.717) is 5.69 Å². The molecule has 33 heavy (non-hydrogen) atoms. The molecule has 0 bridgehead atoms. The van der Waals surface area contributed by atoms with Crippen LogP contribution in [0.15, 0.2) is 69.1 Å². The van der Waals surface area contributed by atoms with Crippen LogP contribution in [-0.2, 0) is 21.2 Å². The first-order valence-electron chi connectivity index (χ1n) is 10.1. The minimum absolute atomic E-state index is 0.00747. The number of carbonyl (C=O) groups is 1. The van der Waals surface area contributed by atoms with Gasteiger partial charge >= 0.3 is 5.69 Å². The number of carbonyl (C=O) groups excluding carboxylic acids is 1. The van der Waals surface area contributed by atoms with Crippen molar-refractivity contribution >= 4 is 32.9 Å². The van der Waals surface area contributed by atoms with Gasteiger partial charge < -0.3 is 16.0 Å². The van der Waals surface area contributed by atoms with E-state index in [-0.39, 0.29) is 36.0 Å². The number of hydrogen-bond donors (Lipinski definition) is 3. The minimum atomic E-state index is -3.43. The molecule has 0 aliphatic heterocycles. The summed E-state index contributed by atoms with van der Waals surface area (Å²) >= 11 is 0. The van der Waals surface area contributed by atoms with Crippen molar-refractivity contribution in [2.75, 3.05) is 35.3 Å². The predicted molar refractivity (Wildman–Crippen MR) is 127 cm³/mol. The Hall–Kier alpha value is -3.86. The highest BCUT2D eigenvalue weighted by Crippen LogP contribution is 2.19. The lowest BCUT2D eigenvalue weighted by molar-refractivity contribution is -0.115. The van der Waals surface area contributed by atoms with Crippen molar-refractivity contribution in [2.24, 2.45) is 0 Å². The van der Waals surface area contributed by atoms with Crippen LogP contribution in [0.2, 0.25) is 0 Å². The third-order valence-corrected chi connectivity index (χ3v) is 6.09. The zero-order valence-electron chi connectivity index (χ0n) is 18.2. The van der Waals surface area contributed by atoms with Gasteiger partial charge in [0.05, 0.1) is 18.0 Å². The molecule has 0 fully saturated rings. The van der Waals surface area contributed by atoms with Crippen molar-refractivity contribution in [3.63, 3.8) is 0 Å². The van der Waals surface area contributed by atoms with E-state index in [1.807, 2.05) is 30.3 Å². The van der Waals surface area contributed by atoms with Crippen molar-refractivity contribution in [1.29, 1.82) is 0 Å². The molecular weight excluding hydrogens is 446 g/mol. The summed E-state index contributed by atoms with van der Waals surface area (Å²) in [6, 6.07) is 15.0. The molecule has 0 unspecified atom stereocenters. The number of likely N-dealkylation sites (N-methyl/N-ethyl adjacent to an activating group) is 1. The summed E-state index contributed by atoms with van der Waals surface area (Å²) in [5, 5.41) is 2.63. The fourth-order valence-corrected chi connectivity index (χ4v) is 4.00. The summed E-state index contributed by atoms with van der Waals surface area (Å²) in [6.07, 6.45) is 1.08. The second-order valence-electron chi connectivity index (χ2n) is 7.43. The number of H-pyrrole nitrogens is 1. The second-order valence-corrected chi connectivity index (χ2v) is 9.44. The lowest BCUT2D eigenvalue weighted by Gasteiger charge is -2.24. The van der Waals surface area contributed by atoms with E-state index < -0.39 is 27.0 Å². The zero-order chi connectivity index (χ0) is 24.2. The average Bonchev–Trinajstić information content (AvgIpc) is 2.76. The van der Waals surface area contributed by atoms with Gasteiger partial charge in [0.2, 0.25) is 5.91 Å². The summed E-state index contributed by atoms with van der Waals surface area (Å²) in [6.45, 7) is 1.91. The quantitative estimate of drug-likeness (QED) is 0.445. The molecule has 2 aromatic carbocycles. The molecule has 1 aromatic heterocycles. The van der Waals surface area contributed by atoms with Crippen LogP contribution in [-0.4, -0.2) is 43.2 Å². The van der Waals surface area contributed by atoms with E-state index in [9.17, 15) is 22.8 Å². The number of nitrogens with two attached hydrogens (primary N) is 1. The molecule has 174 valence electrons. The number of rotatable bonds is 8. The molecule has 1 heterocycles. The van der Waals surface area contributed by atoms with E-state index in [1.54, 1.807) is 13.0 Å². The van der Waals surface area contributed by atoms with E-state index >= 15 is 0 Å². The number of hydrogen-bond acceptors (Lipinski definition) is 7. The molecule has 1 amide bonds. The van der Waals surface area contributed by atoms with Gasteiger partial charge in [-0.1, -0.05) is 36.4 Å². The Labute approximate surface area is 190 Å². The molecule has 0 aliphatic carbocycles. The molecule has 3 aromatic rings. The number of aromatic amines is 1. The molecule has 0 saturated carbocycles. The standard InChI is InChI=1S/C22H25N5O5S/c1-3-26(14-18(28)24-16-10-7-11-17(12-16)33(2,31)32)19-20(23)27(22(30)25-21(19)29)13-15-8-5-4-6-9-15/h4-12H,3,13-14,23H2,1-2H3,(H,24,28)(H,25,29,30). The van der Waals surface area contributed by atoms with Crippen molar-refractivity contribution in [2.45, 2.75) is 18.4 Å². The number of nitrogens with zero attached hydrogens (tertiary/aromatic N) is 2. The molecule has 0 spiro atoms. The number of aromatic nitrogens is 2. The first-order valence-corrected chi connectivity index (χ1v) is 12.0. The first-order chi connectivity index (χ1) is 15.6. The maximum Gasteiger partial charge on any atom is 0.330 e. The average molecular weight is 472 g/mol. The predicted octanol–water partition coefficient (Wildman–Crippen LogP) is 1.04. The highest BCUT2D eigenvalue weighted by atomic mass is 32.2. The molecule has 3 rings (SSSR count). The number of amides is 1. The third-order valence-electron chi connectivity index (χ3n) is 4.98. The number of benzene rings is 2. The highest BCUT2D eigenvalue weighted by Gasteiger charge is 2.20. The molecule has 0 saturated heterocycles. The smallest absolute Gasteiger partial charge is 0.330 e. The minimum Gasteiger partial charge on any atom is -0.383 e. The van der Waals surface area contributed by atoms with Crippen LogP contribution >= 0.6 is 0 Å². The Balaban J connectivity index is 1.87. The molecule has 10 nitrogen and oxygen atoms in total. The second kappa shape index (κ2) is 9.74. The van der Waals surface area contributed by atoms with Gasteiger partial charge in [-0.3, -0.25) is 19.1 Å². The maximum absolute atomic E-state index is 12.7. The molecule has 11 heteroatoms. The summed E-state index contributed by atoms with van der Waals surface area (Å²) in [4.78, 5) is 41.4. The van der Waals surface area contributed by atoms with Crippen LogP contribution in [0, 0.1) is 0 Å². The summed E-state index contributed by atoms with van der Waals surface area (Å²) in [5.74, 6) is -0.538. The van der Waals surface area contributed by atoms with Gasteiger partial charge in [0.1, 0.15) is 11.5 Å². The largest absolute Gasteiger partial charge is 0.383 e. The van der Waals surface area contributed by atoms with Crippen LogP contribution in [0.4, 0.5) is 17.2 Å². The third kappa shape index (κ3) is 5.69. The molecule has 4 N–H and O–H groups in total. The van der Waals surface area contributed by atoms with Gasteiger partial charge in [-0.2, -0.15) is 0 Å². The lowest BCUT2D eigenvalue weighted by atomic mass is 10.2. The fourth-order valence-electron chi connectivity index (χ4n) is 3.33. The van der Waals surface area contributed by atoms with Crippen LogP contribution in [0.3, 0.4) is 0 Å². The Morgan fingerprint density at radius 1 is 1.12 bits per heavy atom. The normalized spacial score (nSPS) is 11.2. The molecule has 0 radical (unpaired) electrons. The van der Waals surface area contributed by atoms with Crippen molar-refractivity contribution < 1.29 is 13.2 Å². The van der Waals surface area contributed by atoms with Crippen LogP contribution < -0.4 is 27.2 Å². The monoisotopic (exact) mass is 471 g/mol. The Morgan fingerprint density at radius 2 is 1.82 bits per heavy atom. The van der Waals surface area contributed by atoms with Crippen molar-refractivity contribution in [1.82, 2.24) is 9.55 Å². The SMILES string of the molecule is CCN(CC(=O)Nc1cccc(S(C)(=O)=O)c1)c1c(N)n(Cc2ccccc2)c(=O)[nH]c1=O. The Kier molecular flexibility index (Phi) is 7.02. The molecular formula is C22H25N5O5S. The molecule has 0 aliphatic rings. The number of nitrogen functional groups attached to an aromatic ring is 1. The molecule has 0 atom stereocenters. The number of anilines is 3. The van der Waals surface area contributed by atoms with Crippen molar-refractivity contribution in [3.8, 4) is 0 Å². The van der Waals surface area contributed by atoms with Crippen LogP contribution in [0.5, 0.6) is 0 Å². The van der Waals surface area contributed by atoms with Gasteiger partial charge in [0, 0.05) is 18.5 Å². The topological polar surface area (TPSA) is 147 Å². The lowest BCUT2D eigenvalue weighted by Crippen LogP contribution is -2.41. The first kappa shape index (κ1) is 23.8. The Bertz CT molecular complexity index is 1380. The zero-order valence-corrected chi connectivity index (χ0v) is 19.1.